The van der Waals surface area contributed by atoms with E-state index >= 15 is 0 Å². The standard InChI is InChI=1S/C10H11F3N2O5S/c1-6-2-3-7(15(17)18)4-8(6)21(19,20)14-5-9(16)10(11,12)13/h2-4,9,14,16H,5H2,1H3. The molecule has 0 spiro atoms. The molecular formula is C10H11F3N2O5S. The summed E-state index contributed by atoms with van der Waals surface area (Å²) in [5.74, 6) is 0. The van der Waals surface area contributed by atoms with Crippen LogP contribution < -0.4 is 4.72 Å². The van der Waals surface area contributed by atoms with Crippen LogP contribution in [0.3, 0.4) is 0 Å². The van der Waals surface area contributed by atoms with Crippen molar-refractivity contribution in [3.05, 3.63) is 33.9 Å². The second kappa shape index (κ2) is 5.95. The first kappa shape index (κ1) is 17.3. The summed E-state index contributed by atoms with van der Waals surface area (Å²) >= 11 is 0. The van der Waals surface area contributed by atoms with Crippen molar-refractivity contribution in [2.45, 2.75) is 24.1 Å². The number of rotatable bonds is 5. The van der Waals surface area contributed by atoms with E-state index in [0.717, 1.165) is 18.2 Å². The smallest absolute Gasteiger partial charge is 0.382 e. The van der Waals surface area contributed by atoms with Crippen molar-refractivity contribution < 1.29 is 31.6 Å². The molecule has 11 heteroatoms. The van der Waals surface area contributed by atoms with E-state index in [1.54, 1.807) is 4.72 Å². The van der Waals surface area contributed by atoms with Gasteiger partial charge in [0.15, 0.2) is 6.10 Å². The number of nitro groups is 1. The Morgan fingerprint density at radius 3 is 2.48 bits per heavy atom. The highest BCUT2D eigenvalue weighted by atomic mass is 32.2. The predicted molar refractivity (Wildman–Crippen MR) is 65.1 cm³/mol. The summed E-state index contributed by atoms with van der Waals surface area (Å²) in [4.78, 5) is 9.24. The molecule has 0 saturated carbocycles. The van der Waals surface area contributed by atoms with Crippen molar-refractivity contribution in [1.29, 1.82) is 0 Å². The number of aliphatic hydroxyl groups is 1. The van der Waals surface area contributed by atoms with E-state index in [1.807, 2.05) is 0 Å². The minimum absolute atomic E-state index is 0.120. The van der Waals surface area contributed by atoms with Crippen molar-refractivity contribution in [2.75, 3.05) is 6.54 Å². The van der Waals surface area contributed by atoms with Gasteiger partial charge in [-0.3, -0.25) is 10.1 Å². The van der Waals surface area contributed by atoms with Gasteiger partial charge in [0.1, 0.15) is 0 Å². The minimum atomic E-state index is -4.97. The van der Waals surface area contributed by atoms with Gasteiger partial charge in [-0.05, 0) is 12.5 Å². The van der Waals surface area contributed by atoms with Crippen LogP contribution in [0, 0.1) is 17.0 Å². The lowest BCUT2D eigenvalue weighted by Gasteiger charge is -2.15. The number of aliphatic hydroxyl groups excluding tert-OH is 1. The van der Waals surface area contributed by atoms with E-state index < -0.39 is 44.4 Å². The summed E-state index contributed by atoms with van der Waals surface area (Å²) in [5, 5.41) is 19.3. The van der Waals surface area contributed by atoms with Crippen LogP contribution in [0.2, 0.25) is 0 Å². The first-order valence-electron chi connectivity index (χ1n) is 5.44. The number of nitro benzene ring substituents is 1. The number of hydrogen-bond donors (Lipinski definition) is 2. The molecule has 2 N–H and O–H groups in total. The van der Waals surface area contributed by atoms with E-state index in [1.165, 1.54) is 6.92 Å². The number of aryl methyl sites for hydroxylation is 1. The van der Waals surface area contributed by atoms with E-state index in [0.29, 0.717) is 0 Å². The molecule has 1 aromatic rings. The van der Waals surface area contributed by atoms with Crippen molar-refractivity contribution in [2.24, 2.45) is 0 Å². The van der Waals surface area contributed by atoms with Gasteiger partial charge in [-0.25, -0.2) is 13.1 Å². The number of non-ortho nitro benzene ring substituents is 1. The highest BCUT2D eigenvalue weighted by Gasteiger charge is 2.38. The molecule has 0 aromatic heterocycles. The number of hydrogen-bond acceptors (Lipinski definition) is 5. The fraction of sp³-hybridized carbons (Fsp3) is 0.400. The largest absolute Gasteiger partial charge is 0.415 e. The predicted octanol–water partition coefficient (Wildman–Crippen LogP) is 1.10. The van der Waals surface area contributed by atoms with Crippen molar-refractivity contribution >= 4 is 15.7 Å². The molecule has 0 fully saturated rings. The lowest BCUT2D eigenvalue weighted by molar-refractivity contribution is -0.385. The van der Waals surface area contributed by atoms with Gasteiger partial charge >= 0.3 is 6.18 Å². The Balaban J connectivity index is 3.03. The summed E-state index contributed by atoms with van der Waals surface area (Å²) in [7, 11) is -4.42. The van der Waals surface area contributed by atoms with E-state index in [4.69, 9.17) is 5.11 Å². The van der Waals surface area contributed by atoms with Gasteiger partial charge in [0, 0.05) is 18.7 Å². The molecule has 0 radical (unpaired) electrons. The molecule has 1 atom stereocenters. The Labute approximate surface area is 117 Å². The Morgan fingerprint density at radius 2 is 2.00 bits per heavy atom. The molecule has 0 aliphatic carbocycles. The van der Waals surface area contributed by atoms with Gasteiger partial charge in [0.25, 0.3) is 5.69 Å². The summed E-state index contributed by atoms with van der Waals surface area (Å²) in [6.07, 6.45) is -7.84. The van der Waals surface area contributed by atoms with Gasteiger partial charge < -0.3 is 5.11 Å². The van der Waals surface area contributed by atoms with Crippen molar-refractivity contribution in [3.8, 4) is 0 Å². The molecule has 0 bridgehead atoms. The molecule has 0 saturated heterocycles. The average Bonchev–Trinajstić information content (AvgIpc) is 2.34. The molecule has 118 valence electrons. The quantitative estimate of drug-likeness (QED) is 0.621. The Hall–Kier alpha value is -1.72. The van der Waals surface area contributed by atoms with Crippen molar-refractivity contribution in [3.63, 3.8) is 0 Å². The second-order valence-corrected chi connectivity index (χ2v) is 5.85. The Bertz CT molecular complexity index is 645. The molecular weight excluding hydrogens is 317 g/mol. The number of alkyl halides is 3. The monoisotopic (exact) mass is 328 g/mol. The SMILES string of the molecule is Cc1ccc([N+](=O)[O-])cc1S(=O)(=O)NCC(O)C(F)(F)F. The Kier molecular flexibility index (Phi) is 4.91. The fourth-order valence-electron chi connectivity index (χ4n) is 1.37. The van der Waals surface area contributed by atoms with Crippen LogP contribution in [0.5, 0.6) is 0 Å². The zero-order valence-corrected chi connectivity index (χ0v) is 11.4. The molecule has 0 aliphatic rings. The lowest BCUT2D eigenvalue weighted by atomic mass is 10.2. The van der Waals surface area contributed by atoms with Gasteiger partial charge in [-0.2, -0.15) is 13.2 Å². The maximum Gasteiger partial charge on any atom is 0.415 e. The number of halogens is 3. The normalized spacial score (nSPS) is 14.0. The molecule has 0 aliphatic heterocycles. The third-order valence-electron chi connectivity index (χ3n) is 2.52. The summed E-state index contributed by atoms with van der Waals surface area (Å²) in [6, 6.07) is 2.96. The number of benzene rings is 1. The van der Waals surface area contributed by atoms with Crippen LogP contribution in [-0.4, -0.2) is 37.3 Å². The minimum Gasteiger partial charge on any atom is -0.382 e. The summed E-state index contributed by atoms with van der Waals surface area (Å²) < 4.78 is 61.6. The third-order valence-corrected chi connectivity index (χ3v) is 4.08. The fourth-order valence-corrected chi connectivity index (χ4v) is 2.67. The van der Waals surface area contributed by atoms with Gasteiger partial charge in [0.05, 0.1) is 9.82 Å². The van der Waals surface area contributed by atoms with Crippen LogP contribution in [0.4, 0.5) is 18.9 Å². The first-order chi connectivity index (χ1) is 9.45. The van der Waals surface area contributed by atoms with Gasteiger partial charge in [0.2, 0.25) is 10.0 Å². The molecule has 0 heterocycles. The van der Waals surface area contributed by atoms with Crippen LogP contribution in [-0.2, 0) is 10.0 Å². The molecule has 1 rings (SSSR count). The molecule has 1 unspecified atom stereocenters. The van der Waals surface area contributed by atoms with Gasteiger partial charge in [-0.1, -0.05) is 6.07 Å². The highest BCUT2D eigenvalue weighted by Crippen LogP contribution is 2.23. The molecule has 1 aromatic carbocycles. The average molecular weight is 328 g/mol. The maximum atomic E-state index is 12.1. The number of nitrogens with one attached hydrogen (secondary N) is 1. The molecule has 0 amide bonds. The summed E-state index contributed by atoms with van der Waals surface area (Å²) in [6.45, 7) is 0.0481. The topological polar surface area (TPSA) is 110 Å². The number of sulfonamides is 1. The maximum absolute atomic E-state index is 12.1. The lowest BCUT2D eigenvalue weighted by Crippen LogP contribution is -2.40. The van der Waals surface area contributed by atoms with Crippen molar-refractivity contribution in [1.82, 2.24) is 4.72 Å². The van der Waals surface area contributed by atoms with Crippen LogP contribution in [0.15, 0.2) is 23.1 Å². The third kappa shape index (κ3) is 4.37. The summed E-state index contributed by atoms with van der Waals surface area (Å²) in [5.41, 5.74) is -0.396. The van der Waals surface area contributed by atoms with E-state index in [2.05, 4.69) is 0 Å². The molecule has 21 heavy (non-hydrogen) atoms. The first-order valence-corrected chi connectivity index (χ1v) is 6.93. The van der Waals surface area contributed by atoms with Crippen LogP contribution in [0.1, 0.15) is 5.56 Å². The Morgan fingerprint density at radius 1 is 1.43 bits per heavy atom. The zero-order valence-electron chi connectivity index (χ0n) is 10.6. The number of nitrogens with zero attached hydrogens (tertiary/aromatic N) is 1. The van der Waals surface area contributed by atoms with Gasteiger partial charge in [-0.15, -0.1) is 0 Å². The van der Waals surface area contributed by atoms with E-state index in [-0.39, 0.29) is 5.56 Å². The molecule has 7 nitrogen and oxygen atoms in total. The highest BCUT2D eigenvalue weighted by molar-refractivity contribution is 7.89. The second-order valence-electron chi connectivity index (χ2n) is 4.12. The van der Waals surface area contributed by atoms with E-state index in [9.17, 15) is 31.7 Å². The zero-order chi connectivity index (χ0) is 16.4. The van der Waals surface area contributed by atoms with Crippen LogP contribution in [0.25, 0.3) is 0 Å². The van der Waals surface area contributed by atoms with Crippen LogP contribution >= 0.6 is 0 Å².